The van der Waals surface area contributed by atoms with E-state index in [0.29, 0.717) is 28.9 Å². The number of nitriles is 1. The average Bonchev–Trinajstić information content (AvgIpc) is 3.14. The normalized spacial score (nSPS) is 14.3. The Morgan fingerprint density at radius 2 is 2.15 bits per heavy atom. The van der Waals surface area contributed by atoms with Gasteiger partial charge in [-0.05, 0) is 36.8 Å². The Hall–Kier alpha value is -3.03. The van der Waals surface area contributed by atoms with Crippen LogP contribution in [0.1, 0.15) is 23.4 Å². The summed E-state index contributed by atoms with van der Waals surface area (Å²) in [6.07, 6.45) is 7.21. The van der Waals surface area contributed by atoms with Crippen LogP contribution >= 0.6 is 11.3 Å². The van der Waals surface area contributed by atoms with Crippen molar-refractivity contribution < 1.29 is 4.79 Å². The van der Waals surface area contributed by atoms with E-state index >= 15 is 0 Å². The first-order valence-corrected chi connectivity index (χ1v) is 9.28. The molecule has 0 radical (unpaired) electrons. The van der Waals surface area contributed by atoms with Crippen molar-refractivity contribution >= 4 is 28.9 Å². The van der Waals surface area contributed by atoms with Crippen LogP contribution in [0.2, 0.25) is 0 Å². The van der Waals surface area contributed by atoms with E-state index < -0.39 is 0 Å². The molecule has 3 rings (SSSR count). The summed E-state index contributed by atoms with van der Waals surface area (Å²) >= 11 is 1.32. The van der Waals surface area contributed by atoms with Crippen LogP contribution in [-0.2, 0) is 0 Å². The van der Waals surface area contributed by atoms with E-state index in [0.717, 1.165) is 31.6 Å². The third-order valence-electron chi connectivity index (χ3n) is 4.40. The summed E-state index contributed by atoms with van der Waals surface area (Å²) < 4.78 is 0. The minimum Gasteiger partial charge on any atom is -0.370 e. The van der Waals surface area contributed by atoms with Crippen molar-refractivity contribution in [2.45, 2.75) is 12.8 Å². The van der Waals surface area contributed by atoms with E-state index in [9.17, 15) is 10.1 Å². The second-order valence-corrected chi connectivity index (χ2v) is 6.93. The van der Waals surface area contributed by atoms with Crippen molar-refractivity contribution in [2.75, 3.05) is 29.9 Å². The molecule has 1 fully saturated rings. The number of nitrogens with zero attached hydrogens (tertiary/aromatic N) is 3. The molecule has 26 heavy (non-hydrogen) atoms. The number of para-hydroxylation sites is 1. The number of carbonyl (C=O) groups is 1. The van der Waals surface area contributed by atoms with E-state index in [1.165, 1.54) is 11.3 Å². The second kappa shape index (κ2) is 8.37. The lowest BCUT2D eigenvalue weighted by atomic mass is 9.96. The van der Waals surface area contributed by atoms with Crippen LogP contribution in [-0.4, -0.2) is 30.6 Å². The summed E-state index contributed by atoms with van der Waals surface area (Å²) in [7, 11) is 0. The highest BCUT2D eigenvalue weighted by Crippen LogP contribution is 2.25. The highest BCUT2D eigenvalue weighted by atomic mass is 32.1. The molecule has 0 saturated carbocycles. The van der Waals surface area contributed by atoms with Crippen molar-refractivity contribution in [2.24, 2.45) is 5.92 Å². The number of benzene rings is 1. The molecular formula is C19H19N5OS. The third kappa shape index (κ3) is 4.33. The molecule has 2 aromatic rings. The Labute approximate surface area is 156 Å². The van der Waals surface area contributed by atoms with Crippen LogP contribution in [0.4, 0.5) is 16.3 Å². The van der Waals surface area contributed by atoms with Crippen molar-refractivity contribution in [1.82, 2.24) is 10.3 Å². The lowest BCUT2D eigenvalue weighted by molar-refractivity contribution is 0.248. The number of hydrogen-bond donors (Lipinski definition) is 2. The fourth-order valence-corrected chi connectivity index (χ4v) is 3.57. The first-order valence-electron chi connectivity index (χ1n) is 8.40. The van der Waals surface area contributed by atoms with Gasteiger partial charge in [-0.2, -0.15) is 5.26 Å². The number of aromatic nitrogens is 1. The van der Waals surface area contributed by atoms with Gasteiger partial charge in [0.05, 0.1) is 11.3 Å². The quantitative estimate of drug-likeness (QED) is 0.816. The van der Waals surface area contributed by atoms with Crippen LogP contribution in [0.25, 0.3) is 0 Å². The van der Waals surface area contributed by atoms with Crippen LogP contribution in [0.15, 0.2) is 29.6 Å². The summed E-state index contributed by atoms with van der Waals surface area (Å²) in [5.74, 6) is 3.34. The molecule has 1 aliphatic rings. The van der Waals surface area contributed by atoms with Crippen LogP contribution in [0.5, 0.6) is 0 Å². The number of rotatable bonds is 4. The zero-order chi connectivity index (χ0) is 18.4. The molecule has 0 aliphatic carbocycles. The molecule has 2 amide bonds. The van der Waals surface area contributed by atoms with Crippen molar-refractivity contribution in [1.29, 1.82) is 5.26 Å². The molecule has 1 aromatic heterocycles. The number of carbonyl (C=O) groups excluding carboxylic acids is 1. The molecule has 7 heteroatoms. The highest BCUT2D eigenvalue weighted by Gasteiger charge is 2.21. The minimum absolute atomic E-state index is 0.267. The molecule has 0 bridgehead atoms. The molecule has 1 saturated heterocycles. The number of terminal acetylenes is 1. The first kappa shape index (κ1) is 17.8. The topological polar surface area (TPSA) is 81.1 Å². The molecule has 132 valence electrons. The Morgan fingerprint density at radius 1 is 1.38 bits per heavy atom. The standard InChI is InChI=1S/C19H19N5OS/c1-2-18-22-17(13-26-18)23-19(25)21-12-14-7-9-24(10-8-14)16-6-4-3-5-15(16)11-20/h1,3-6,13-14H,7-10,12H2,(H2,21,23,25). The van der Waals surface area contributed by atoms with Crippen molar-refractivity contribution in [3.63, 3.8) is 0 Å². The van der Waals surface area contributed by atoms with Gasteiger partial charge in [-0.1, -0.05) is 12.1 Å². The van der Waals surface area contributed by atoms with Gasteiger partial charge in [-0.25, -0.2) is 9.78 Å². The molecular weight excluding hydrogens is 346 g/mol. The number of urea groups is 1. The maximum Gasteiger partial charge on any atom is 0.320 e. The average molecular weight is 365 g/mol. The van der Waals surface area contributed by atoms with Crippen LogP contribution in [0.3, 0.4) is 0 Å². The maximum absolute atomic E-state index is 12.0. The minimum atomic E-state index is -0.267. The maximum atomic E-state index is 12.0. The van der Waals surface area contributed by atoms with Gasteiger partial charge in [0.1, 0.15) is 11.9 Å². The Balaban J connectivity index is 1.45. The van der Waals surface area contributed by atoms with Crippen molar-refractivity contribution in [3.8, 4) is 18.4 Å². The number of thiazole rings is 1. The zero-order valence-electron chi connectivity index (χ0n) is 14.2. The summed E-state index contributed by atoms with van der Waals surface area (Å²) in [6, 6.07) is 9.65. The number of piperidine rings is 1. The number of nitrogens with one attached hydrogen (secondary N) is 2. The largest absolute Gasteiger partial charge is 0.370 e. The number of hydrogen-bond acceptors (Lipinski definition) is 5. The van der Waals surface area contributed by atoms with Gasteiger partial charge >= 0.3 is 6.03 Å². The zero-order valence-corrected chi connectivity index (χ0v) is 15.1. The molecule has 2 heterocycles. The lowest BCUT2D eigenvalue weighted by Crippen LogP contribution is -2.40. The van der Waals surface area contributed by atoms with Crippen molar-refractivity contribution in [3.05, 3.63) is 40.2 Å². The summed E-state index contributed by atoms with van der Waals surface area (Å²) in [6.45, 7) is 2.38. The van der Waals surface area contributed by atoms with Crippen LogP contribution < -0.4 is 15.5 Å². The molecule has 0 atom stereocenters. The summed E-state index contributed by atoms with van der Waals surface area (Å²) in [4.78, 5) is 18.3. The number of anilines is 2. The van der Waals surface area contributed by atoms with Gasteiger partial charge < -0.3 is 10.2 Å². The SMILES string of the molecule is C#Cc1nc(NC(=O)NCC2CCN(c3ccccc3C#N)CC2)cs1. The van der Waals surface area contributed by atoms with Gasteiger partial charge in [0, 0.05) is 25.0 Å². The Bertz CT molecular complexity index is 855. The fourth-order valence-electron chi connectivity index (χ4n) is 3.02. The van der Waals surface area contributed by atoms with Gasteiger partial charge in [-0.3, -0.25) is 5.32 Å². The molecule has 0 unspecified atom stereocenters. The molecule has 2 N–H and O–H groups in total. The highest BCUT2D eigenvalue weighted by molar-refractivity contribution is 7.10. The predicted molar refractivity (Wildman–Crippen MR) is 103 cm³/mol. The van der Waals surface area contributed by atoms with E-state index in [-0.39, 0.29) is 6.03 Å². The molecule has 1 aliphatic heterocycles. The van der Waals surface area contributed by atoms with E-state index in [1.807, 2.05) is 24.3 Å². The van der Waals surface area contributed by atoms with Crippen LogP contribution in [0, 0.1) is 29.6 Å². The van der Waals surface area contributed by atoms with E-state index in [2.05, 4.69) is 32.5 Å². The summed E-state index contributed by atoms with van der Waals surface area (Å²) in [5, 5.41) is 17.1. The molecule has 1 aromatic carbocycles. The summed E-state index contributed by atoms with van der Waals surface area (Å²) in [5.41, 5.74) is 1.70. The number of amides is 2. The smallest absolute Gasteiger partial charge is 0.320 e. The monoisotopic (exact) mass is 365 g/mol. The van der Waals surface area contributed by atoms with Gasteiger partial charge in [0.2, 0.25) is 0 Å². The van der Waals surface area contributed by atoms with Gasteiger partial charge in [0.25, 0.3) is 0 Å². The van der Waals surface area contributed by atoms with E-state index in [1.54, 1.807) is 5.38 Å². The molecule has 0 spiro atoms. The van der Waals surface area contributed by atoms with Gasteiger partial charge in [0.15, 0.2) is 5.01 Å². The second-order valence-electron chi connectivity index (χ2n) is 6.08. The van der Waals surface area contributed by atoms with Gasteiger partial charge in [-0.15, -0.1) is 17.8 Å². The van der Waals surface area contributed by atoms with E-state index in [4.69, 9.17) is 6.42 Å². The predicted octanol–water partition coefficient (Wildman–Crippen LogP) is 3.03. The third-order valence-corrected chi connectivity index (χ3v) is 5.17. The fraction of sp³-hybridized carbons (Fsp3) is 0.316. The Morgan fingerprint density at radius 3 is 2.85 bits per heavy atom. The Kier molecular flexibility index (Phi) is 5.73. The molecule has 6 nitrogen and oxygen atoms in total. The lowest BCUT2D eigenvalue weighted by Gasteiger charge is -2.34. The first-order chi connectivity index (χ1) is 12.7.